The lowest BCUT2D eigenvalue weighted by Crippen LogP contribution is -2.44. The average Bonchev–Trinajstić information content (AvgIpc) is 2.24. The van der Waals surface area contributed by atoms with Crippen molar-refractivity contribution in [3.63, 3.8) is 0 Å². The van der Waals surface area contributed by atoms with E-state index in [1.807, 2.05) is 6.92 Å². The molecule has 0 radical (unpaired) electrons. The lowest BCUT2D eigenvalue weighted by molar-refractivity contribution is -0.122. The molecule has 0 aliphatic rings. The Morgan fingerprint density at radius 1 is 1.44 bits per heavy atom. The number of carbonyl (C=O) groups is 1. The van der Waals surface area contributed by atoms with Gasteiger partial charge >= 0.3 is 0 Å². The highest BCUT2D eigenvalue weighted by molar-refractivity contribution is 5.81. The quantitative estimate of drug-likeness (QED) is 0.468. The van der Waals surface area contributed by atoms with Gasteiger partial charge in [-0.2, -0.15) is 0 Å². The number of nitrogens with one attached hydrogen (secondary N) is 1. The highest BCUT2D eigenvalue weighted by Gasteiger charge is 2.13. The lowest BCUT2D eigenvalue weighted by atomic mass is 10.1. The first kappa shape index (κ1) is 15.2. The summed E-state index contributed by atoms with van der Waals surface area (Å²) >= 11 is 0. The number of hydrogen-bond donors (Lipinski definition) is 2. The number of amides is 1. The van der Waals surface area contributed by atoms with E-state index in [0.29, 0.717) is 6.42 Å². The third-order valence-corrected chi connectivity index (χ3v) is 2.64. The van der Waals surface area contributed by atoms with Crippen molar-refractivity contribution in [1.82, 2.24) is 5.32 Å². The van der Waals surface area contributed by atoms with Gasteiger partial charge in [-0.25, -0.2) is 0 Å². The lowest BCUT2D eigenvalue weighted by Gasteiger charge is -2.16. The Labute approximate surface area is 99.5 Å². The maximum atomic E-state index is 11.5. The summed E-state index contributed by atoms with van der Waals surface area (Å²) in [6.45, 7) is 7.80. The van der Waals surface area contributed by atoms with Gasteiger partial charge in [-0.05, 0) is 19.8 Å². The minimum Gasteiger partial charge on any atom is -0.352 e. The minimum atomic E-state index is -0.449. The van der Waals surface area contributed by atoms with E-state index in [2.05, 4.69) is 18.8 Å². The Bertz CT molecular complexity index is 204. The molecule has 3 N–H and O–H groups in total. The number of unbranched alkanes of at least 4 members (excludes halogenated alkanes) is 3. The molecular formula is C13H26N2O. The summed E-state index contributed by atoms with van der Waals surface area (Å²) in [6.07, 6.45) is 8.18. The zero-order valence-corrected chi connectivity index (χ0v) is 10.7. The molecule has 1 amide bonds. The molecule has 0 spiro atoms. The van der Waals surface area contributed by atoms with Gasteiger partial charge in [0, 0.05) is 6.04 Å². The van der Waals surface area contributed by atoms with E-state index >= 15 is 0 Å². The van der Waals surface area contributed by atoms with Gasteiger partial charge in [-0.15, -0.1) is 6.58 Å². The third-order valence-electron chi connectivity index (χ3n) is 2.64. The number of hydrogen-bond acceptors (Lipinski definition) is 2. The zero-order chi connectivity index (χ0) is 12.4. The van der Waals surface area contributed by atoms with Crippen molar-refractivity contribution in [2.75, 3.05) is 0 Å². The van der Waals surface area contributed by atoms with Crippen molar-refractivity contribution in [3.05, 3.63) is 12.7 Å². The second-order valence-electron chi connectivity index (χ2n) is 4.39. The highest BCUT2D eigenvalue weighted by atomic mass is 16.2. The van der Waals surface area contributed by atoms with Gasteiger partial charge < -0.3 is 11.1 Å². The first-order valence-electron chi connectivity index (χ1n) is 6.28. The van der Waals surface area contributed by atoms with Crippen LogP contribution in [-0.4, -0.2) is 18.0 Å². The minimum absolute atomic E-state index is 0.0668. The van der Waals surface area contributed by atoms with Gasteiger partial charge in [0.1, 0.15) is 0 Å². The number of carbonyl (C=O) groups excluding carboxylic acids is 1. The summed E-state index contributed by atoms with van der Waals surface area (Å²) in [4.78, 5) is 11.5. The fourth-order valence-corrected chi connectivity index (χ4v) is 1.59. The fraction of sp³-hybridized carbons (Fsp3) is 0.769. The van der Waals surface area contributed by atoms with Crippen LogP contribution in [0.25, 0.3) is 0 Å². The fourth-order valence-electron chi connectivity index (χ4n) is 1.59. The van der Waals surface area contributed by atoms with Gasteiger partial charge in [-0.3, -0.25) is 4.79 Å². The second-order valence-corrected chi connectivity index (χ2v) is 4.39. The standard InChI is InChI=1S/C13H26N2O/c1-4-6-7-8-10-11(3)15-13(16)12(14)9-5-2/h5,11-12H,2,4,6-10,14H2,1,3H3,(H,15,16). The normalized spacial score (nSPS) is 14.2. The molecule has 0 aromatic carbocycles. The van der Waals surface area contributed by atoms with Crippen LogP contribution < -0.4 is 11.1 Å². The topological polar surface area (TPSA) is 55.1 Å². The Kier molecular flexibility index (Phi) is 8.91. The summed E-state index contributed by atoms with van der Waals surface area (Å²) in [5.41, 5.74) is 5.67. The third kappa shape index (κ3) is 7.46. The smallest absolute Gasteiger partial charge is 0.237 e. The molecular weight excluding hydrogens is 200 g/mol. The Balaban J connectivity index is 3.64. The molecule has 2 unspecified atom stereocenters. The Morgan fingerprint density at radius 2 is 2.12 bits per heavy atom. The number of rotatable bonds is 9. The van der Waals surface area contributed by atoms with E-state index in [0.717, 1.165) is 6.42 Å². The van der Waals surface area contributed by atoms with Gasteiger partial charge in [0.2, 0.25) is 5.91 Å². The summed E-state index contributed by atoms with van der Waals surface area (Å²) in [5.74, 6) is -0.0668. The van der Waals surface area contributed by atoms with Crippen LogP contribution in [0, 0.1) is 0 Å². The first-order valence-corrected chi connectivity index (χ1v) is 6.28. The molecule has 0 aromatic heterocycles. The van der Waals surface area contributed by atoms with Gasteiger partial charge in [-0.1, -0.05) is 38.7 Å². The molecule has 3 heteroatoms. The molecule has 0 bridgehead atoms. The van der Waals surface area contributed by atoms with Crippen molar-refractivity contribution in [2.24, 2.45) is 5.73 Å². The predicted octanol–water partition coefficient (Wildman–Crippen LogP) is 2.36. The molecule has 0 saturated heterocycles. The molecule has 0 aromatic rings. The molecule has 0 aliphatic carbocycles. The van der Waals surface area contributed by atoms with Crippen LogP contribution in [0.4, 0.5) is 0 Å². The Morgan fingerprint density at radius 3 is 2.69 bits per heavy atom. The zero-order valence-electron chi connectivity index (χ0n) is 10.7. The van der Waals surface area contributed by atoms with E-state index in [9.17, 15) is 4.79 Å². The molecule has 0 aliphatic heterocycles. The molecule has 2 atom stereocenters. The molecule has 3 nitrogen and oxygen atoms in total. The summed E-state index contributed by atoms with van der Waals surface area (Å²) in [5, 5.41) is 2.93. The van der Waals surface area contributed by atoms with E-state index in [1.54, 1.807) is 6.08 Å². The summed E-state index contributed by atoms with van der Waals surface area (Å²) in [7, 11) is 0. The average molecular weight is 226 g/mol. The van der Waals surface area contributed by atoms with Crippen LogP contribution in [-0.2, 0) is 4.79 Å². The van der Waals surface area contributed by atoms with Gasteiger partial charge in [0.15, 0.2) is 0 Å². The monoisotopic (exact) mass is 226 g/mol. The molecule has 0 rings (SSSR count). The van der Waals surface area contributed by atoms with E-state index in [4.69, 9.17) is 5.73 Å². The second kappa shape index (κ2) is 9.40. The van der Waals surface area contributed by atoms with Crippen LogP contribution in [0.5, 0.6) is 0 Å². The first-order chi connectivity index (χ1) is 7.61. The van der Waals surface area contributed by atoms with Gasteiger partial charge in [0.25, 0.3) is 0 Å². The summed E-state index contributed by atoms with van der Waals surface area (Å²) < 4.78 is 0. The Hall–Kier alpha value is -0.830. The van der Waals surface area contributed by atoms with Crippen molar-refractivity contribution in [3.8, 4) is 0 Å². The molecule has 0 heterocycles. The van der Waals surface area contributed by atoms with Gasteiger partial charge in [0.05, 0.1) is 6.04 Å². The molecule has 0 fully saturated rings. The van der Waals surface area contributed by atoms with E-state index < -0.39 is 6.04 Å². The van der Waals surface area contributed by atoms with E-state index in [-0.39, 0.29) is 11.9 Å². The van der Waals surface area contributed by atoms with Crippen molar-refractivity contribution >= 4 is 5.91 Å². The molecule has 0 saturated carbocycles. The predicted molar refractivity (Wildman–Crippen MR) is 69.2 cm³/mol. The van der Waals surface area contributed by atoms with E-state index in [1.165, 1.54) is 25.7 Å². The van der Waals surface area contributed by atoms with Crippen LogP contribution in [0.2, 0.25) is 0 Å². The molecule has 94 valence electrons. The maximum Gasteiger partial charge on any atom is 0.237 e. The summed E-state index contributed by atoms with van der Waals surface area (Å²) in [6, 6.07) is -0.226. The largest absolute Gasteiger partial charge is 0.352 e. The molecule has 16 heavy (non-hydrogen) atoms. The van der Waals surface area contributed by atoms with Crippen LogP contribution in [0.15, 0.2) is 12.7 Å². The van der Waals surface area contributed by atoms with Crippen LogP contribution in [0.3, 0.4) is 0 Å². The SMILES string of the molecule is C=CCC(N)C(=O)NC(C)CCCCCC. The van der Waals surface area contributed by atoms with Crippen molar-refractivity contribution in [1.29, 1.82) is 0 Å². The number of nitrogens with two attached hydrogens (primary N) is 1. The maximum absolute atomic E-state index is 11.5. The highest BCUT2D eigenvalue weighted by Crippen LogP contribution is 2.05. The van der Waals surface area contributed by atoms with Crippen LogP contribution in [0.1, 0.15) is 52.4 Å². The van der Waals surface area contributed by atoms with Crippen molar-refractivity contribution < 1.29 is 4.79 Å². The van der Waals surface area contributed by atoms with Crippen LogP contribution >= 0.6 is 0 Å². The van der Waals surface area contributed by atoms with Crippen molar-refractivity contribution in [2.45, 2.75) is 64.5 Å².